The number of para-hydroxylation sites is 1. The number of amides is 1. The van der Waals surface area contributed by atoms with E-state index >= 15 is 0 Å². The summed E-state index contributed by atoms with van der Waals surface area (Å²) in [5.41, 5.74) is 0.521. The third kappa shape index (κ3) is 4.62. The molecule has 7 nitrogen and oxygen atoms in total. The average molecular weight is 541 g/mol. The van der Waals surface area contributed by atoms with Crippen LogP contribution in [-0.2, 0) is 6.18 Å². The van der Waals surface area contributed by atoms with Crippen LogP contribution in [0.25, 0.3) is 16.9 Å². The van der Waals surface area contributed by atoms with Crippen molar-refractivity contribution < 1.29 is 27.4 Å². The summed E-state index contributed by atoms with van der Waals surface area (Å²) in [5.74, 6) is 0.887. The minimum absolute atomic E-state index is 0.129. The van der Waals surface area contributed by atoms with Crippen molar-refractivity contribution in [2.45, 2.75) is 24.9 Å². The van der Waals surface area contributed by atoms with Gasteiger partial charge in [0.25, 0.3) is 5.91 Å². The number of rotatable bonds is 4. The molecule has 1 amide bonds. The highest BCUT2D eigenvalue weighted by molar-refractivity contribution is 7.10. The molecule has 6 rings (SSSR count). The van der Waals surface area contributed by atoms with Crippen LogP contribution in [0, 0.1) is 0 Å². The highest BCUT2D eigenvalue weighted by Gasteiger charge is 2.42. The molecule has 196 valence electrons. The first-order chi connectivity index (χ1) is 18.4. The Morgan fingerprint density at radius 1 is 1.00 bits per heavy atom. The third-order valence-electron chi connectivity index (χ3n) is 6.76. The number of halogens is 3. The second-order valence-corrected chi connectivity index (χ2v) is 10.0. The predicted molar refractivity (Wildman–Crippen MR) is 135 cm³/mol. The maximum absolute atomic E-state index is 14.0. The van der Waals surface area contributed by atoms with E-state index in [1.54, 1.807) is 29.5 Å². The van der Waals surface area contributed by atoms with Crippen molar-refractivity contribution in [3.63, 3.8) is 0 Å². The van der Waals surface area contributed by atoms with Gasteiger partial charge in [-0.05, 0) is 43.2 Å². The molecule has 0 bridgehead atoms. The van der Waals surface area contributed by atoms with Crippen molar-refractivity contribution in [1.82, 2.24) is 19.7 Å². The minimum atomic E-state index is -4.74. The Morgan fingerprint density at radius 2 is 1.74 bits per heavy atom. The fourth-order valence-corrected chi connectivity index (χ4v) is 5.85. The van der Waals surface area contributed by atoms with Gasteiger partial charge in [-0.25, -0.2) is 9.67 Å². The summed E-state index contributed by atoms with van der Waals surface area (Å²) >= 11 is 1.55. The van der Waals surface area contributed by atoms with Gasteiger partial charge in [-0.2, -0.15) is 18.3 Å². The zero-order valence-electron chi connectivity index (χ0n) is 20.1. The van der Waals surface area contributed by atoms with Crippen LogP contribution in [0.5, 0.6) is 11.5 Å². The summed E-state index contributed by atoms with van der Waals surface area (Å²) in [5, 5.41) is 6.86. The number of alkyl halides is 3. The van der Waals surface area contributed by atoms with Gasteiger partial charge in [0.2, 0.25) is 0 Å². The smallest absolute Gasteiger partial charge is 0.434 e. The van der Waals surface area contributed by atoms with Crippen LogP contribution >= 0.6 is 11.3 Å². The Labute approximate surface area is 220 Å². The first-order valence-corrected chi connectivity index (χ1v) is 13.1. The van der Waals surface area contributed by atoms with Gasteiger partial charge in [-0.3, -0.25) is 4.79 Å². The molecule has 0 radical (unpaired) electrons. The van der Waals surface area contributed by atoms with Gasteiger partial charge in [0, 0.05) is 30.0 Å². The normalized spacial score (nSPS) is 16.0. The number of hydrogen-bond acceptors (Lipinski definition) is 6. The number of carbonyl (C=O) groups is 1. The van der Waals surface area contributed by atoms with E-state index in [0.717, 1.165) is 32.9 Å². The zero-order chi connectivity index (χ0) is 26.3. The molecule has 1 fully saturated rings. The third-order valence-corrected chi connectivity index (χ3v) is 7.77. The lowest BCUT2D eigenvalue weighted by atomic mass is 9.97. The molecule has 2 aromatic carbocycles. The number of carbonyl (C=O) groups excluding carboxylic acids is 1. The Bertz CT molecular complexity index is 1460. The lowest BCUT2D eigenvalue weighted by molar-refractivity contribution is -0.143. The first kappa shape index (κ1) is 24.5. The molecule has 4 heterocycles. The molecular weight excluding hydrogens is 517 g/mol. The van der Waals surface area contributed by atoms with E-state index < -0.39 is 23.3 Å². The molecule has 2 aliphatic rings. The van der Waals surface area contributed by atoms with E-state index in [9.17, 15) is 18.0 Å². The summed E-state index contributed by atoms with van der Waals surface area (Å²) in [6.45, 7) is 1.72. The van der Waals surface area contributed by atoms with E-state index in [2.05, 4.69) is 5.10 Å². The quantitative estimate of drug-likeness (QED) is 0.327. The number of nitrogens with zero attached hydrogens (tertiary/aromatic N) is 4. The molecule has 0 N–H and O–H groups in total. The van der Waals surface area contributed by atoms with E-state index in [0.29, 0.717) is 44.9 Å². The largest absolute Gasteiger partial charge is 0.486 e. The van der Waals surface area contributed by atoms with Gasteiger partial charge < -0.3 is 14.4 Å². The predicted octanol–water partition coefficient (Wildman–Crippen LogP) is 5.81. The lowest BCUT2D eigenvalue weighted by Crippen LogP contribution is -2.38. The van der Waals surface area contributed by atoms with E-state index in [1.165, 1.54) is 17.0 Å². The van der Waals surface area contributed by atoms with Crippen molar-refractivity contribution in [1.29, 1.82) is 0 Å². The van der Waals surface area contributed by atoms with Crippen LogP contribution in [0.3, 0.4) is 0 Å². The van der Waals surface area contributed by atoms with Crippen molar-refractivity contribution in [2.75, 3.05) is 26.3 Å². The van der Waals surface area contributed by atoms with Gasteiger partial charge in [0.15, 0.2) is 17.2 Å². The van der Waals surface area contributed by atoms with Crippen molar-refractivity contribution in [3.05, 3.63) is 76.4 Å². The standard InChI is InChI=1S/C27H23F3N4O3S/c28-27(29,30)24-20(15-31-34(24)19-4-2-1-3-5-19)26(35)33-10-8-17(9-11-33)25-32-21(16-38-25)18-6-7-22-23(14-18)37-13-12-36-22/h1-7,14-17H,8-13H2. The van der Waals surface area contributed by atoms with Crippen LogP contribution < -0.4 is 9.47 Å². The highest BCUT2D eigenvalue weighted by atomic mass is 32.1. The molecule has 0 aliphatic carbocycles. The van der Waals surface area contributed by atoms with Gasteiger partial charge >= 0.3 is 6.18 Å². The Balaban J connectivity index is 1.16. The summed E-state index contributed by atoms with van der Waals surface area (Å²) < 4.78 is 54.1. The summed E-state index contributed by atoms with van der Waals surface area (Å²) in [6, 6.07) is 13.7. The number of thiazole rings is 1. The lowest BCUT2D eigenvalue weighted by Gasteiger charge is -2.31. The van der Waals surface area contributed by atoms with Crippen LogP contribution in [0.4, 0.5) is 13.2 Å². The Morgan fingerprint density at radius 3 is 2.47 bits per heavy atom. The second kappa shape index (κ2) is 9.79. The van der Waals surface area contributed by atoms with Gasteiger partial charge in [0.05, 0.1) is 28.1 Å². The molecule has 11 heteroatoms. The fourth-order valence-electron chi connectivity index (χ4n) is 4.85. The molecule has 0 saturated carbocycles. The van der Waals surface area contributed by atoms with Crippen molar-refractivity contribution in [2.24, 2.45) is 0 Å². The maximum atomic E-state index is 14.0. The number of likely N-dealkylation sites (tertiary alicyclic amines) is 1. The number of hydrogen-bond donors (Lipinski definition) is 0. The molecule has 0 unspecified atom stereocenters. The summed E-state index contributed by atoms with van der Waals surface area (Å²) in [7, 11) is 0. The monoisotopic (exact) mass is 540 g/mol. The van der Waals surface area contributed by atoms with Gasteiger partial charge in [-0.1, -0.05) is 18.2 Å². The number of benzene rings is 2. The average Bonchev–Trinajstić information content (AvgIpc) is 3.61. The van der Waals surface area contributed by atoms with Gasteiger partial charge in [-0.15, -0.1) is 11.3 Å². The van der Waals surface area contributed by atoms with Crippen molar-refractivity contribution in [3.8, 4) is 28.4 Å². The van der Waals surface area contributed by atoms with Crippen molar-refractivity contribution >= 4 is 17.2 Å². The molecule has 2 aromatic heterocycles. The van der Waals surface area contributed by atoms with Crippen LogP contribution in [0.15, 0.2) is 60.1 Å². The Kier molecular flexibility index (Phi) is 6.30. The number of piperidine rings is 1. The van der Waals surface area contributed by atoms with Crippen LogP contribution in [-0.4, -0.2) is 51.9 Å². The van der Waals surface area contributed by atoms with Crippen LogP contribution in [0.1, 0.15) is 39.8 Å². The zero-order valence-corrected chi connectivity index (χ0v) is 21.0. The topological polar surface area (TPSA) is 69.5 Å². The van der Waals surface area contributed by atoms with E-state index in [-0.39, 0.29) is 11.6 Å². The molecular formula is C27H23F3N4O3S. The number of ether oxygens (including phenoxy) is 2. The second-order valence-electron chi connectivity index (χ2n) is 9.15. The van der Waals surface area contributed by atoms with Crippen LogP contribution in [0.2, 0.25) is 0 Å². The number of aromatic nitrogens is 3. The van der Waals surface area contributed by atoms with E-state index in [4.69, 9.17) is 14.5 Å². The minimum Gasteiger partial charge on any atom is -0.486 e. The molecule has 0 spiro atoms. The molecule has 38 heavy (non-hydrogen) atoms. The van der Waals surface area contributed by atoms with Gasteiger partial charge in [0.1, 0.15) is 13.2 Å². The summed E-state index contributed by atoms with van der Waals surface area (Å²) in [6.07, 6.45) is -2.48. The summed E-state index contributed by atoms with van der Waals surface area (Å²) in [4.78, 5) is 19.5. The molecule has 2 aliphatic heterocycles. The SMILES string of the molecule is O=C(c1cnn(-c2ccccc2)c1C(F)(F)F)N1CCC(c2nc(-c3ccc4c(c3)OCCO4)cs2)CC1. The number of fused-ring (bicyclic) bond motifs is 1. The fraction of sp³-hybridized carbons (Fsp3) is 0.296. The first-order valence-electron chi connectivity index (χ1n) is 12.2. The van der Waals surface area contributed by atoms with E-state index in [1.807, 2.05) is 23.6 Å². The molecule has 1 saturated heterocycles. The Hall–Kier alpha value is -3.86. The molecule has 4 aromatic rings. The highest BCUT2D eigenvalue weighted by Crippen LogP contribution is 2.38. The maximum Gasteiger partial charge on any atom is 0.434 e. The molecule has 0 atom stereocenters.